The molecule has 8 nitrogen and oxygen atoms in total. The maximum Gasteiger partial charge on any atom is 0.188 e. The molecule has 28 heavy (non-hydrogen) atoms. The van der Waals surface area contributed by atoms with E-state index in [1.54, 1.807) is 0 Å². The molecule has 0 amide bonds. The maximum absolute atomic E-state index is 5.97. The van der Waals surface area contributed by atoms with Crippen molar-refractivity contribution >= 4 is 35.8 Å². The highest BCUT2D eigenvalue weighted by Crippen LogP contribution is 2.15. The van der Waals surface area contributed by atoms with Gasteiger partial charge in [0.15, 0.2) is 5.96 Å². The minimum atomic E-state index is 0. The van der Waals surface area contributed by atoms with E-state index in [9.17, 15) is 0 Å². The Morgan fingerprint density at radius 3 is 2.82 bits per heavy atom. The Morgan fingerprint density at radius 2 is 2.11 bits per heavy atom. The third kappa shape index (κ3) is 7.69. The molecular weight excluding hydrogens is 471 g/mol. The van der Waals surface area contributed by atoms with E-state index in [0.717, 1.165) is 76.9 Å². The van der Waals surface area contributed by atoms with Gasteiger partial charge in [0.25, 0.3) is 0 Å². The Balaban J connectivity index is 0.00000280. The first kappa shape index (κ1) is 23.1. The molecule has 2 saturated heterocycles. The molecule has 0 aromatic carbocycles. The molecule has 158 valence electrons. The van der Waals surface area contributed by atoms with Crippen molar-refractivity contribution in [2.75, 3.05) is 64.0 Å². The average Bonchev–Trinajstić information content (AvgIpc) is 2.71. The molecule has 3 N–H and O–H groups in total. The molecule has 0 saturated carbocycles. The highest BCUT2D eigenvalue weighted by Gasteiger charge is 2.17. The number of pyridine rings is 1. The third-order valence-electron chi connectivity index (χ3n) is 4.87. The lowest BCUT2D eigenvalue weighted by molar-refractivity contribution is 0.0376. The largest absolute Gasteiger partial charge is 0.379 e. The number of aromatic nitrogens is 1. The van der Waals surface area contributed by atoms with Gasteiger partial charge in [-0.2, -0.15) is 0 Å². The number of aliphatic imine (C=N–C) groups is 1. The quantitative estimate of drug-likeness (QED) is 0.249. The maximum atomic E-state index is 5.97. The van der Waals surface area contributed by atoms with Gasteiger partial charge in [0, 0.05) is 38.9 Å². The molecule has 1 unspecified atom stereocenters. The number of nitrogens with zero attached hydrogens (tertiary/aromatic N) is 4. The van der Waals surface area contributed by atoms with E-state index in [2.05, 4.69) is 44.1 Å². The van der Waals surface area contributed by atoms with Crippen LogP contribution in [-0.4, -0.2) is 81.0 Å². The Kier molecular flexibility index (Phi) is 10.2. The lowest BCUT2D eigenvalue weighted by Crippen LogP contribution is -2.41. The number of nitrogens with two attached hydrogens (primary N) is 1. The van der Waals surface area contributed by atoms with E-state index in [1.165, 1.54) is 0 Å². The second-order valence-corrected chi connectivity index (χ2v) is 7.09. The van der Waals surface area contributed by atoms with Crippen molar-refractivity contribution in [1.82, 2.24) is 15.2 Å². The van der Waals surface area contributed by atoms with Gasteiger partial charge in [-0.3, -0.25) is 4.90 Å². The molecule has 1 aromatic heterocycles. The average molecular weight is 504 g/mol. The summed E-state index contributed by atoms with van der Waals surface area (Å²) in [5, 5.41) is 3.19. The van der Waals surface area contributed by atoms with Crippen LogP contribution in [0.4, 0.5) is 5.82 Å². The van der Waals surface area contributed by atoms with Crippen molar-refractivity contribution in [3.63, 3.8) is 0 Å². The zero-order valence-electron chi connectivity index (χ0n) is 16.7. The van der Waals surface area contributed by atoms with Crippen molar-refractivity contribution in [2.24, 2.45) is 10.7 Å². The van der Waals surface area contributed by atoms with E-state index in [-0.39, 0.29) is 30.1 Å². The van der Waals surface area contributed by atoms with Crippen molar-refractivity contribution < 1.29 is 9.47 Å². The molecule has 0 radical (unpaired) electrons. The van der Waals surface area contributed by atoms with Crippen LogP contribution in [0.15, 0.2) is 23.3 Å². The lowest BCUT2D eigenvalue weighted by Gasteiger charge is -2.32. The lowest BCUT2D eigenvalue weighted by atomic mass is 10.2. The molecule has 1 atom stereocenters. The molecule has 3 heterocycles. The molecule has 2 aliphatic heterocycles. The molecular formula is C19H33IN6O2. The summed E-state index contributed by atoms with van der Waals surface area (Å²) >= 11 is 0. The van der Waals surface area contributed by atoms with E-state index < -0.39 is 0 Å². The molecule has 2 fully saturated rings. The Bertz CT molecular complexity index is 595. The van der Waals surface area contributed by atoms with E-state index in [0.29, 0.717) is 12.5 Å². The molecule has 0 aliphatic carbocycles. The minimum Gasteiger partial charge on any atom is -0.379 e. The summed E-state index contributed by atoms with van der Waals surface area (Å²) in [6.07, 6.45) is 3.17. The molecule has 1 aromatic rings. The number of rotatable bonds is 7. The van der Waals surface area contributed by atoms with Crippen LogP contribution in [0.2, 0.25) is 0 Å². The topological polar surface area (TPSA) is 88.2 Å². The fraction of sp³-hybridized carbons (Fsp3) is 0.684. The first-order valence-electron chi connectivity index (χ1n) is 9.86. The van der Waals surface area contributed by atoms with Gasteiger partial charge in [0.2, 0.25) is 0 Å². The van der Waals surface area contributed by atoms with Gasteiger partial charge in [0.05, 0.1) is 32.5 Å². The molecule has 0 bridgehead atoms. The van der Waals surface area contributed by atoms with Gasteiger partial charge in [-0.15, -0.1) is 24.0 Å². The second-order valence-electron chi connectivity index (χ2n) is 7.09. The summed E-state index contributed by atoms with van der Waals surface area (Å²) < 4.78 is 10.9. The summed E-state index contributed by atoms with van der Waals surface area (Å²) in [6.45, 7) is 10.8. The van der Waals surface area contributed by atoms with Crippen molar-refractivity contribution in [3.05, 3.63) is 23.9 Å². The SMILES string of the molecule is CC1CN(c2ccc(CN=C(N)NCCCN3CCOCC3)cn2)CCO1.I. The zero-order valence-corrected chi connectivity index (χ0v) is 19.0. The number of halogens is 1. The third-order valence-corrected chi connectivity index (χ3v) is 4.87. The van der Waals surface area contributed by atoms with E-state index >= 15 is 0 Å². The summed E-state index contributed by atoms with van der Waals surface area (Å²) in [7, 11) is 0. The van der Waals surface area contributed by atoms with E-state index in [4.69, 9.17) is 15.2 Å². The number of nitrogens with one attached hydrogen (secondary N) is 1. The molecule has 9 heteroatoms. The van der Waals surface area contributed by atoms with Crippen LogP contribution in [0.25, 0.3) is 0 Å². The van der Waals surface area contributed by atoms with Gasteiger partial charge in [-0.25, -0.2) is 9.98 Å². The van der Waals surface area contributed by atoms with Crippen molar-refractivity contribution in [2.45, 2.75) is 26.0 Å². The normalized spacial score (nSPS) is 21.2. The van der Waals surface area contributed by atoms with E-state index in [1.807, 2.05) is 6.20 Å². The number of hydrogen-bond acceptors (Lipinski definition) is 6. The van der Waals surface area contributed by atoms with Crippen LogP contribution in [0.1, 0.15) is 18.9 Å². The predicted molar refractivity (Wildman–Crippen MR) is 122 cm³/mol. The fourth-order valence-corrected chi connectivity index (χ4v) is 3.30. The first-order chi connectivity index (χ1) is 13.2. The number of morpholine rings is 2. The summed E-state index contributed by atoms with van der Waals surface area (Å²) in [6, 6.07) is 4.12. The standard InChI is InChI=1S/C19H32N6O2.HI/c1-16-15-25(9-12-27-16)18-4-3-17(13-22-18)14-23-19(20)21-5-2-6-24-7-10-26-11-8-24;/h3-4,13,16H,2,5-12,14-15H2,1H3,(H3,20,21,23);1H. The number of guanidine groups is 1. The van der Waals surface area contributed by atoms with Crippen molar-refractivity contribution in [3.8, 4) is 0 Å². The molecule has 2 aliphatic rings. The van der Waals surface area contributed by atoms with Crippen LogP contribution in [0.5, 0.6) is 0 Å². The summed E-state index contributed by atoms with van der Waals surface area (Å²) in [5.41, 5.74) is 7.02. The smallest absolute Gasteiger partial charge is 0.188 e. The number of hydrogen-bond donors (Lipinski definition) is 2. The highest BCUT2D eigenvalue weighted by atomic mass is 127. The van der Waals surface area contributed by atoms with Crippen molar-refractivity contribution in [1.29, 1.82) is 0 Å². The number of anilines is 1. The molecule has 3 rings (SSSR count). The van der Waals surface area contributed by atoms with Gasteiger partial charge in [-0.1, -0.05) is 6.07 Å². The zero-order chi connectivity index (χ0) is 18.9. The van der Waals surface area contributed by atoms with Crippen LogP contribution in [0.3, 0.4) is 0 Å². The van der Waals surface area contributed by atoms with Gasteiger partial charge < -0.3 is 25.4 Å². The molecule has 0 spiro atoms. The van der Waals surface area contributed by atoms with Gasteiger partial charge >= 0.3 is 0 Å². The van der Waals surface area contributed by atoms with Gasteiger partial charge in [0.1, 0.15) is 5.82 Å². The van der Waals surface area contributed by atoms with Crippen LogP contribution in [-0.2, 0) is 16.0 Å². The Morgan fingerprint density at radius 1 is 1.29 bits per heavy atom. The Hall–Kier alpha value is -1.17. The summed E-state index contributed by atoms with van der Waals surface area (Å²) in [5.74, 6) is 1.48. The van der Waals surface area contributed by atoms with Crippen LogP contribution < -0.4 is 16.0 Å². The highest BCUT2D eigenvalue weighted by molar-refractivity contribution is 14.0. The monoisotopic (exact) mass is 504 g/mol. The minimum absolute atomic E-state index is 0. The Labute approximate surface area is 184 Å². The first-order valence-corrected chi connectivity index (χ1v) is 9.86. The number of ether oxygens (including phenoxy) is 2. The van der Waals surface area contributed by atoms with Crippen LogP contribution >= 0.6 is 24.0 Å². The van der Waals surface area contributed by atoms with Crippen LogP contribution in [0, 0.1) is 0 Å². The van der Waals surface area contributed by atoms with Gasteiger partial charge in [-0.05, 0) is 31.5 Å². The second kappa shape index (κ2) is 12.4. The fourth-order valence-electron chi connectivity index (χ4n) is 3.30. The summed E-state index contributed by atoms with van der Waals surface area (Å²) in [4.78, 5) is 13.6. The predicted octanol–water partition coefficient (Wildman–Crippen LogP) is 1.05.